The number of para-hydroxylation sites is 1. The molecule has 8 nitrogen and oxygen atoms in total. The summed E-state index contributed by atoms with van der Waals surface area (Å²) in [5.41, 5.74) is 1.04. The standard InChI is InChI=1S/C19H20N4O4S/c1-11-16(18(25)23(22(11)4)14-8-6-5-7-9-14)21-17(24)12(2)27-19(26)15-10-20-13(3)28-15/h5-10,12H,1-4H3,(H,21,24). The first kappa shape index (κ1) is 19.6. The molecule has 2 heterocycles. The Hall–Kier alpha value is -3.20. The number of esters is 1. The molecule has 1 aromatic carbocycles. The van der Waals surface area contributed by atoms with Gasteiger partial charge in [0.05, 0.1) is 22.6 Å². The lowest BCUT2D eigenvalue weighted by atomic mass is 10.3. The van der Waals surface area contributed by atoms with Crippen molar-refractivity contribution >= 4 is 28.9 Å². The van der Waals surface area contributed by atoms with Crippen LogP contribution in [0.3, 0.4) is 0 Å². The van der Waals surface area contributed by atoms with Crippen LogP contribution in [-0.4, -0.2) is 32.3 Å². The number of ether oxygens (including phenoxy) is 1. The van der Waals surface area contributed by atoms with E-state index in [1.807, 2.05) is 18.2 Å². The summed E-state index contributed by atoms with van der Waals surface area (Å²) >= 11 is 1.19. The van der Waals surface area contributed by atoms with Gasteiger partial charge in [-0.2, -0.15) is 0 Å². The minimum Gasteiger partial charge on any atom is -0.448 e. The number of anilines is 1. The summed E-state index contributed by atoms with van der Waals surface area (Å²) in [6.07, 6.45) is 0.339. The highest BCUT2D eigenvalue weighted by Crippen LogP contribution is 2.16. The second kappa shape index (κ2) is 7.81. The van der Waals surface area contributed by atoms with Gasteiger partial charge >= 0.3 is 5.97 Å². The summed E-state index contributed by atoms with van der Waals surface area (Å²) in [4.78, 5) is 41.7. The van der Waals surface area contributed by atoms with E-state index in [1.165, 1.54) is 29.1 Å². The van der Waals surface area contributed by atoms with Crippen molar-refractivity contribution in [1.82, 2.24) is 14.3 Å². The number of carbonyl (C=O) groups excluding carboxylic acids is 2. The van der Waals surface area contributed by atoms with Crippen molar-refractivity contribution in [3.05, 3.63) is 62.5 Å². The minimum absolute atomic E-state index is 0.146. The van der Waals surface area contributed by atoms with Crippen LogP contribution in [0.4, 0.5) is 5.69 Å². The number of amides is 1. The fraction of sp³-hybridized carbons (Fsp3) is 0.263. The molecule has 2 aromatic heterocycles. The summed E-state index contributed by atoms with van der Waals surface area (Å²) in [5.74, 6) is -1.21. The zero-order valence-electron chi connectivity index (χ0n) is 15.9. The third-order valence-corrected chi connectivity index (χ3v) is 5.17. The third-order valence-electron chi connectivity index (χ3n) is 4.28. The van der Waals surface area contributed by atoms with E-state index in [-0.39, 0.29) is 11.2 Å². The number of aromatic nitrogens is 3. The van der Waals surface area contributed by atoms with Gasteiger partial charge in [0, 0.05) is 7.05 Å². The van der Waals surface area contributed by atoms with Crippen LogP contribution < -0.4 is 10.9 Å². The molecule has 0 saturated heterocycles. The van der Waals surface area contributed by atoms with E-state index in [9.17, 15) is 14.4 Å². The maximum absolute atomic E-state index is 12.8. The Labute approximate surface area is 165 Å². The van der Waals surface area contributed by atoms with Gasteiger partial charge in [-0.1, -0.05) is 18.2 Å². The molecule has 0 aliphatic carbocycles. The van der Waals surface area contributed by atoms with E-state index in [0.29, 0.717) is 16.3 Å². The first-order chi connectivity index (χ1) is 13.3. The molecule has 0 bridgehead atoms. The number of hydrogen-bond acceptors (Lipinski definition) is 6. The van der Waals surface area contributed by atoms with Gasteiger partial charge in [0.25, 0.3) is 11.5 Å². The van der Waals surface area contributed by atoms with E-state index < -0.39 is 18.0 Å². The molecular formula is C19H20N4O4S. The average molecular weight is 400 g/mol. The predicted molar refractivity (Wildman–Crippen MR) is 106 cm³/mol. The van der Waals surface area contributed by atoms with Crippen molar-refractivity contribution in [2.75, 3.05) is 5.32 Å². The van der Waals surface area contributed by atoms with E-state index >= 15 is 0 Å². The maximum atomic E-state index is 12.8. The molecule has 1 amide bonds. The Morgan fingerprint density at radius 1 is 1.21 bits per heavy atom. The van der Waals surface area contributed by atoms with Crippen LogP contribution in [0.1, 0.15) is 27.3 Å². The van der Waals surface area contributed by atoms with Crippen LogP contribution >= 0.6 is 11.3 Å². The van der Waals surface area contributed by atoms with Gasteiger partial charge in [0.2, 0.25) is 0 Å². The third kappa shape index (κ3) is 3.74. The number of aryl methyl sites for hydroxylation is 1. The molecule has 3 aromatic rings. The van der Waals surface area contributed by atoms with Crippen LogP contribution in [-0.2, 0) is 16.6 Å². The largest absolute Gasteiger partial charge is 0.448 e. The van der Waals surface area contributed by atoms with Crippen molar-refractivity contribution in [1.29, 1.82) is 0 Å². The van der Waals surface area contributed by atoms with Gasteiger partial charge in [-0.25, -0.2) is 14.5 Å². The lowest BCUT2D eigenvalue weighted by Crippen LogP contribution is -2.32. The van der Waals surface area contributed by atoms with Crippen LogP contribution in [0.5, 0.6) is 0 Å². The number of carbonyl (C=O) groups is 2. The molecule has 28 heavy (non-hydrogen) atoms. The number of nitrogens with one attached hydrogen (secondary N) is 1. The summed E-state index contributed by atoms with van der Waals surface area (Å²) in [6, 6.07) is 9.10. The topological polar surface area (TPSA) is 95.2 Å². The highest BCUT2D eigenvalue weighted by Gasteiger charge is 2.24. The molecule has 1 N–H and O–H groups in total. The summed E-state index contributed by atoms with van der Waals surface area (Å²) < 4.78 is 8.31. The summed E-state index contributed by atoms with van der Waals surface area (Å²) in [5, 5.41) is 3.32. The minimum atomic E-state index is -1.07. The van der Waals surface area contributed by atoms with Gasteiger partial charge in [0.15, 0.2) is 6.10 Å². The highest BCUT2D eigenvalue weighted by molar-refractivity contribution is 7.13. The SMILES string of the molecule is Cc1ncc(C(=O)OC(C)C(=O)Nc2c(C)n(C)n(-c3ccccc3)c2=O)s1. The normalized spacial score (nSPS) is 11.9. The fourth-order valence-electron chi connectivity index (χ4n) is 2.66. The lowest BCUT2D eigenvalue weighted by Gasteiger charge is -2.12. The Morgan fingerprint density at radius 2 is 1.89 bits per heavy atom. The Kier molecular flexibility index (Phi) is 5.46. The molecule has 0 radical (unpaired) electrons. The van der Waals surface area contributed by atoms with Gasteiger partial charge < -0.3 is 10.1 Å². The van der Waals surface area contributed by atoms with Crippen LogP contribution in [0, 0.1) is 13.8 Å². The van der Waals surface area contributed by atoms with Gasteiger partial charge in [-0.05, 0) is 32.9 Å². The molecule has 1 atom stereocenters. The lowest BCUT2D eigenvalue weighted by molar-refractivity contribution is -0.123. The smallest absolute Gasteiger partial charge is 0.350 e. The molecule has 0 fully saturated rings. The van der Waals surface area contributed by atoms with Gasteiger partial charge in [-0.15, -0.1) is 11.3 Å². The fourth-order valence-corrected chi connectivity index (χ4v) is 3.33. The predicted octanol–water partition coefficient (Wildman–Crippen LogP) is 2.43. The van der Waals surface area contributed by atoms with Crippen LogP contribution in [0.2, 0.25) is 0 Å². The molecule has 0 aliphatic heterocycles. The van der Waals surface area contributed by atoms with Crippen molar-refractivity contribution in [3.8, 4) is 5.69 Å². The molecular weight excluding hydrogens is 380 g/mol. The Bertz CT molecular complexity index is 1080. The summed E-state index contributed by atoms with van der Waals surface area (Å²) in [7, 11) is 1.73. The first-order valence-electron chi connectivity index (χ1n) is 8.58. The van der Waals surface area contributed by atoms with Crippen molar-refractivity contribution < 1.29 is 14.3 Å². The molecule has 3 rings (SSSR count). The quantitative estimate of drug-likeness (QED) is 0.664. The molecule has 0 aliphatic rings. The second-order valence-electron chi connectivity index (χ2n) is 6.22. The monoisotopic (exact) mass is 400 g/mol. The van der Waals surface area contributed by atoms with Gasteiger partial charge in [0.1, 0.15) is 10.6 Å². The molecule has 9 heteroatoms. The maximum Gasteiger partial charge on any atom is 0.350 e. The number of nitrogens with zero attached hydrogens (tertiary/aromatic N) is 3. The number of benzene rings is 1. The highest BCUT2D eigenvalue weighted by atomic mass is 32.1. The van der Waals surface area contributed by atoms with E-state index in [1.54, 1.807) is 37.7 Å². The van der Waals surface area contributed by atoms with Crippen LogP contribution in [0.15, 0.2) is 41.3 Å². The van der Waals surface area contributed by atoms with E-state index in [2.05, 4.69) is 10.3 Å². The van der Waals surface area contributed by atoms with Gasteiger partial charge in [-0.3, -0.25) is 14.3 Å². The zero-order chi connectivity index (χ0) is 20.4. The first-order valence-corrected chi connectivity index (χ1v) is 9.39. The summed E-state index contributed by atoms with van der Waals surface area (Å²) in [6.45, 7) is 4.95. The van der Waals surface area contributed by atoms with Crippen LogP contribution in [0.25, 0.3) is 5.69 Å². The molecule has 146 valence electrons. The Balaban J connectivity index is 1.79. The van der Waals surface area contributed by atoms with E-state index in [0.717, 1.165) is 5.01 Å². The van der Waals surface area contributed by atoms with Crippen molar-refractivity contribution in [2.24, 2.45) is 7.05 Å². The number of hydrogen-bond donors (Lipinski definition) is 1. The van der Waals surface area contributed by atoms with Crippen molar-refractivity contribution in [2.45, 2.75) is 26.9 Å². The molecule has 0 spiro atoms. The second-order valence-corrected chi connectivity index (χ2v) is 7.45. The molecule has 1 unspecified atom stereocenters. The van der Waals surface area contributed by atoms with E-state index in [4.69, 9.17) is 4.74 Å². The number of thiazole rings is 1. The zero-order valence-corrected chi connectivity index (χ0v) is 16.7. The molecule has 0 saturated carbocycles. The Morgan fingerprint density at radius 3 is 2.50 bits per heavy atom. The van der Waals surface area contributed by atoms with Crippen molar-refractivity contribution in [3.63, 3.8) is 0 Å². The average Bonchev–Trinajstić information content (AvgIpc) is 3.20. The number of rotatable bonds is 5.